The second-order valence-electron chi connectivity index (χ2n) is 4.79. The molecule has 0 spiro atoms. The molecule has 2 heteroatoms. The summed E-state index contributed by atoms with van der Waals surface area (Å²) >= 11 is 0. The fourth-order valence-corrected chi connectivity index (χ4v) is 1.94. The highest BCUT2D eigenvalue weighted by atomic mass is 16.5. The highest BCUT2D eigenvalue weighted by Gasteiger charge is 1.92. The van der Waals surface area contributed by atoms with E-state index in [0.717, 1.165) is 19.6 Å². The molecule has 0 aromatic rings. The summed E-state index contributed by atoms with van der Waals surface area (Å²) < 4.78 is 5.45. The van der Waals surface area contributed by atoms with Gasteiger partial charge in [0.05, 0.1) is 0 Å². The van der Waals surface area contributed by atoms with Gasteiger partial charge in [-0.2, -0.15) is 0 Å². The van der Waals surface area contributed by atoms with Crippen molar-refractivity contribution in [3.63, 3.8) is 0 Å². The Hall–Kier alpha value is -0.0800. The van der Waals surface area contributed by atoms with Crippen LogP contribution < -0.4 is 6.15 Å². The number of rotatable bonds is 13. The van der Waals surface area contributed by atoms with Gasteiger partial charge in [-0.3, -0.25) is 0 Å². The van der Waals surface area contributed by atoms with Gasteiger partial charge in [-0.25, -0.2) is 0 Å². The SMILES string of the molecule is CCCCCCCCCCCCOCCC.N. The quantitative estimate of drug-likeness (QED) is 0.436. The highest BCUT2D eigenvalue weighted by molar-refractivity contribution is 4.47. The Morgan fingerprint density at radius 3 is 1.47 bits per heavy atom. The van der Waals surface area contributed by atoms with E-state index in [2.05, 4.69) is 13.8 Å². The molecule has 0 amide bonds. The van der Waals surface area contributed by atoms with Gasteiger partial charge in [-0.15, -0.1) is 0 Å². The van der Waals surface area contributed by atoms with Gasteiger partial charge in [0.1, 0.15) is 0 Å². The average molecular weight is 245 g/mol. The van der Waals surface area contributed by atoms with E-state index < -0.39 is 0 Å². The fourth-order valence-electron chi connectivity index (χ4n) is 1.94. The number of hydrogen-bond donors (Lipinski definition) is 1. The van der Waals surface area contributed by atoms with Crippen LogP contribution in [0, 0.1) is 0 Å². The van der Waals surface area contributed by atoms with Crippen LogP contribution in [0.2, 0.25) is 0 Å². The van der Waals surface area contributed by atoms with Crippen molar-refractivity contribution in [1.82, 2.24) is 6.15 Å². The molecule has 3 N–H and O–H groups in total. The van der Waals surface area contributed by atoms with Crippen LogP contribution in [0.1, 0.15) is 84.5 Å². The minimum absolute atomic E-state index is 0. The Balaban J connectivity index is 0. The first-order chi connectivity index (χ1) is 7.91. The maximum Gasteiger partial charge on any atom is 0.0466 e. The molecule has 0 aliphatic carbocycles. The molecule has 0 saturated carbocycles. The maximum atomic E-state index is 5.45. The van der Waals surface area contributed by atoms with Crippen molar-refractivity contribution in [3.8, 4) is 0 Å². The zero-order chi connectivity index (χ0) is 11.9. The van der Waals surface area contributed by atoms with Crippen molar-refractivity contribution in [1.29, 1.82) is 0 Å². The van der Waals surface area contributed by atoms with Crippen LogP contribution in [0.3, 0.4) is 0 Å². The normalized spacial score (nSPS) is 10.2. The van der Waals surface area contributed by atoms with Gasteiger partial charge in [0.25, 0.3) is 0 Å². The molecule has 0 aliphatic heterocycles. The molecule has 0 saturated heterocycles. The first-order valence-electron chi connectivity index (χ1n) is 7.49. The lowest BCUT2D eigenvalue weighted by Gasteiger charge is -2.03. The second-order valence-corrected chi connectivity index (χ2v) is 4.79. The molecule has 0 radical (unpaired) electrons. The van der Waals surface area contributed by atoms with E-state index in [1.54, 1.807) is 0 Å². The minimum atomic E-state index is 0. The van der Waals surface area contributed by atoms with Crippen LogP contribution in [0.5, 0.6) is 0 Å². The van der Waals surface area contributed by atoms with Gasteiger partial charge in [0.15, 0.2) is 0 Å². The summed E-state index contributed by atoms with van der Waals surface area (Å²) in [6.45, 7) is 6.36. The third-order valence-electron chi connectivity index (χ3n) is 2.99. The predicted molar refractivity (Wildman–Crippen MR) is 78.0 cm³/mol. The van der Waals surface area contributed by atoms with Crippen molar-refractivity contribution in [2.45, 2.75) is 84.5 Å². The molecule has 17 heavy (non-hydrogen) atoms. The van der Waals surface area contributed by atoms with Crippen molar-refractivity contribution in [2.75, 3.05) is 13.2 Å². The van der Waals surface area contributed by atoms with Crippen LogP contribution in [0.15, 0.2) is 0 Å². The largest absolute Gasteiger partial charge is 0.381 e. The lowest BCUT2D eigenvalue weighted by atomic mass is 10.1. The monoisotopic (exact) mass is 245 g/mol. The van der Waals surface area contributed by atoms with E-state index in [1.165, 1.54) is 64.2 Å². The van der Waals surface area contributed by atoms with Crippen molar-refractivity contribution in [3.05, 3.63) is 0 Å². The van der Waals surface area contributed by atoms with E-state index >= 15 is 0 Å². The van der Waals surface area contributed by atoms with Crippen LogP contribution in [0.4, 0.5) is 0 Å². The van der Waals surface area contributed by atoms with Crippen LogP contribution >= 0.6 is 0 Å². The van der Waals surface area contributed by atoms with Crippen LogP contribution in [-0.2, 0) is 4.74 Å². The standard InChI is InChI=1S/C15H32O.H3N/c1-3-5-6-7-8-9-10-11-12-13-15-16-14-4-2;/h3-15H2,1-2H3;1H3. The Bertz CT molecular complexity index is 103. The molecule has 0 aromatic heterocycles. The number of hydrogen-bond acceptors (Lipinski definition) is 2. The third-order valence-corrected chi connectivity index (χ3v) is 2.99. The summed E-state index contributed by atoms with van der Waals surface area (Å²) in [4.78, 5) is 0. The van der Waals surface area contributed by atoms with E-state index in [9.17, 15) is 0 Å². The first kappa shape index (κ1) is 19.3. The van der Waals surface area contributed by atoms with Gasteiger partial charge in [0, 0.05) is 13.2 Å². The average Bonchev–Trinajstić information content (AvgIpc) is 2.31. The Kier molecular flexibility index (Phi) is 20.7. The molecule has 106 valence electrons. The maximum absolute atomic E-state index is 5.45. The molecule has 0 aliphatic rings. The molecular weight excluding hydrogens is 210 g/mol. The molecule has 2 nitrogen and oxygen atoms in total. The fraction of sp³-hybridized carbons (Fsp3) is 1.00. The first-order valence-corrected chi connectivity index (χ1v) is 7.49. The minimum Gasteiger partial charge on any atom is -0.381 e. The molecular formula is C15H35NO. The Morgan fingerprint density at radius 2 is 1.00 bits per heavy atom. The van der Waals surface area contributed by atoms with Gasteiger partial charge in [-0.05, 0) is 12.8 Å². The summed E-state index contributed by atoms with van der Waals surface area (Å²) in [6, 6.07) is 0. The molecule has 0 unspecified atom stereocenters. The summed E-state index contributed by atoms with van der Waals surface area (Å²) in [7, 11) is 0. The smallest absolute Gasteiger partial charge is 0.0466 e. The van der Waals surface area contributed by atoms with Gasteiger partial charge in [0.2, 0.25) is 0 Å². The molecule has 0 bridgehead atoms. The molecule has 0 atom stereocenters. The number of unbranched alkanes of at least 4 members (excludes halogenated alkanes) is 9. The second kappa shape index (κ2) is 18.3. The summed E-state index contributed by atoms with van der Waals surface area (Å²) in [5, 5.41) is 0. The van der Waals surface area contributed by atoms with Crippen LogP contribution in [0.25, 0.3) is 0 Å². The summed E-state index contributed by atoms with van der Waals surface area (Å²) in [5.41, 5.74) is 0. The van der Waals surface area contributed by atoms with Gasteiger partial charge < -0.3 is 10.9 Å². The number of ether oxygens (including phenoxy) is 1. The van der Waals surface area contributed by atoms with Crippen LogP contribution in [-0.4, -0.2) is 13.2 Å². The van der Waals surface area contributed by atoms with Gasteiger partial charge in [-0.1, -0.05) is 71.6 Å². The van der Waals surface area contributed by atoms with E-state index in [1.807, 2.05) is 0 Å². The zero-order valence-electron chi connectivity index (χ0n) is 12.3. The van der Waals surface area contributed by atoms with Crippen molar-refractivity contribution in [2.24, 2.45) is 0 Å². The van der Waals surface area contributed by atoms with E-state index in [4.69, 9.17) is 4.74 Å². The Labute approximate surface area is 109 Å². The van der Waals surface area contributed by atoms with E-state index in [-0.39, 0.29) is 6.15 Å². The molecule has 0 rings (SSSR count). The lowest BCUT2D eigenvalue weighted by molar-refractivity contribution is 0.130. The highest BCUT2D eigenvalue weighted by Crippen LogP contribution is 2.10. The summed E-state index contributed by atoms with van der Waals surface area (Å²) in [5.74, 6) is 0. The molecule has 0 fully saturated rings. The topological polar surface area (TPSA) is 44.2 Å². The van der Waals surface area contributed by atoms with Crippen molar-refractivity contribution < 1.29 is 4.74 Å². The summed E-state index contributed by atoms with van der Waals surface area (Å²) in [6.07, 6.45) is 15.2. The molecule has 0 heterocycles. The third kappa shape index (κ3) is 18.5. The van der Waals surface area contributed by atoms with Crippen molar-refractivity contribution >= 4 is 0 Å². The molecule has 0 aromatic carbocycles. The zero-order valence-corrected chi connectivity index (χ0v) is 12.3. The Morgan fingerprint density at radius 1 is 0.529 bits per heavy atom. The van der Waals surface area contributed by atoms with E-state index in [0.29, 0.717) is 0 Å². The predicted octanol–water partition coefficient (Wildman–Crippen LogP) is 5.50. The van der Waals surface area contributed by atoms with Gasteiger partial charge >= 0.3 is 0 Å². The lowest BCUT2D eigenvalue weighted by Crippen LogP contribution is -1.95.